The number of nitrogens with zero attached hydrogens (tertiary/aromatic N) is 5. The van der Waals surface area contributed by atoms with E-state index in [1.165, 1.54) is 0 Å². The highest BCUT2D eigenvalue weighted by atomic mass is 16.2. The number of pyridine rings is 1. The van der Waals surface area contributed by atoms with Crippen LogP contribution in [-0.2, 0) is 24.9 Å². The molecule has 1 aromatic carbocycles. The Morgan fingerprint density at radius 3 is 2.74 bits per heavy atom. The van der Waals surface area contributed by atoms with Crippen molar-refractivity contribution in [1.82, 2.24) is 29.9 Å². The second-order valence-corrected chi connectivity index (χ2v) is 6.47. The predicted molar refractivity (Wildman–Crippen MR) is 103 cm³/mol. The molecule has 0 spiro atoms. The zero-order chi connectivity index (χ0) is 18.8. The summed E-state index contributed by atoms with van der Waals surface area (Å²) in [5, 5.41) is 12.5. The first kappa shape index (κ1) is 17.0. The molecule has 3 aromatic heterocycles. The first-order valence-corrected chi connectivity index (χ1v) is 8.73. The molecule has 136 valence electrons. The number of carbonyl (C=O) groups excluding carboxylic acids is 1. The van der Waals surface area contributed by atoms with Crippen LogP contribution in [0.25, 0.3) is 22.2 Å². The summed E-state index contributed by atoms with van der Waals surface area (Å²) in [4.78, 5) is 16.8. The van der Waals surface area contributed by atoms with Crippen molar-refractivity contribution in [3.05, 3.63) is 66.2 Å². The Balaban J connectivity index is 1.58. The summed E-state index contributed by atoms with van der Waals surface area (Å²) in [6, 6.07) is 12.1. The van der Waals surface area contributed by atoms with Gasteiger partial charge in [-0.05, 0) is 24.1 Å². The van der Waals surface area contributed by atoms with Gasteiger partial charge in [0.05, 0.1) is 11.9 Å². The third kappa shape index (κ3) is 3.44. The van der Waals surface area contributed by atoms with E-state index in [1.807, 2.05) is 44.4 Å². The van der Waals surface area contributed by atoms with Crippen LogP contribution in [0.15, 0.2) is 55.0 Å². The van der Waals surface area contributed by atoms with E-state index in [9.17, 15) is 4.79 Å². The van der Waals surface area contributed by atoms with Crippen molar-refractivity contribution in [2.45, 2.75) is 20.0 Å². The molecule has 0 aliphatic rings. The first-order valence-electron chi connectivity index (χ1n) is 8.73. The van der Waals surface area contributed by atoms with Crippen LogP contribution >= 0.6 is 0 Å². The lowest BCUT2D eigenvalue weighted by atomic mass is 10.0. The maximum absolute atomic E-state index is 12.4. The Morgan fingerprint density at radius 2 is 2.00 bits per heavy atom. The van der Waals surface area contributed by atoms with E-state index in [1.54, 1.807) is 21.8 Å². The predicted octanol–water partition coefficient (Wildman–Crippen LogP) is 2.46. The number of hydrogen-bond acceptors (Lipinski definition) is 4. The lowest BCUT2D eigenvalue weighted by Crippen LogP contribution is -2.27. The topological polar surface area (TPSA) is 77.6 Å². The summed E-state index contributed by atoms with van der Waals surface area (Å²) in [5.74, 6) is -0.116. The largest absolute Gasteiger partial charge is 0.350 e. The molecular formula is C20H20N6O. The number of aryl methyl sites for hydroxylation is 2. The molecule has 1 N–H and O–H groups in total. The molecule has 0 radical (unpaired) electrons. The van der Waals surface area contributed by atoms with Crippen molar-refractivity contribution < 1.29 is 4.79 Å². The van der Waals surface area contributed by atoms with Gasteiger partial charge in [0, 0.05) is 36.9 Å². The summed E-state index contributed by atoms with van der Waals surface area (Å²) >= 11 is 0. The van der Waals surface area contributed by atoms with Crippen LogP contribution in [0, 0.1) is 6.92 Å². The minimum Gasteiger partial charge on any atom is -0.350 e. The molecule has 3 heterocycles. The fourth-order valence-electron chi connectivity index (χ4n) is 3.21. The molecule has 4 rings (SSSR count). The molecule has 1 amide bonds. The average molecular weight is 360 g/mol. The Hall–Kier alpha value is -3.48. The van der Waals surface area contributed by atoms with Crippen molar-refractivity contribution in [2.75, 3.05) is 0 Å². The second-order valence-electron chi connectivity index (χ2n) is 6.47. The standard InChI is InChI=1S/C20H20N6O/c1-14-19-17(16-6-4-3-5-7-16)8-9-21-20(19)26(24-14)13-18(27)22-10-15-11-23-25(2)12-15/h3-9,11-12H,10,13H2,1-2H3,(H,22,27). The molecule has 7 nitrogen and oxygen atoms in total. The van der Waals surface area contributed by atoms with E-state index in [-0.39, 0.29) is 12.5 Å². The number of carbonyl (C=O) groups is 1. The van der Waals surface area contributed by atoms with Gasteiger partial charge < -0.3 is 5.32 Å². The number of benzene rings is 1. The quantitative estimate of drug-likeness (QED) is 0.593. The third-order valence-corrected chi connectivity index (χ3v) is 4.43. The molecule has 27 heavy (non-hydrogen) atoms. The SMILES string of the molecule is Cc1nn(CC(=O)NCc2cnn(C)c2)c2nccc(-c3ccccc3)c12. The Morgan fingerprint density at radius 1 is 1.19 bits per heavy atom. The van der Waals surface area contributed by atoms with Crippen LogP contribution in [0.5, 0.6) is 0 Å². The molecule has 0 unspecified atom stereocenters. The highest BCUT2D eigenvalue weighted by molar-refractivity contribution is 5.95. The van der Waals surface area contributed by atoms with Gasteiger partial charge in [0.15, 0.2) is 5.65 Å². The number of fused-ring (bicyclic) bond motifs is 1. The monoisotopic (exact) mass is 360 g/mol. The van der Waals surface area contributed by atoms with E-state index < -0.39 is 0 Å². The van der Waals surface area contributed by atoms with E-state index in [4.69, 9.17) is 0 Å². The van der Waals surface area contributed by atoms with Crippen LogP contribution in [0.2, 0.25) is 0 Å². The fraction of sp³-hybridized carbons (Fsp3) is 0.200. The molecule has 0 fully saturated rings. The van der Waals surface area contributed by atoms with Gasteiger partial charge in [-0.1, -0.05) is 30.3 Å². The summed E-state index contributed by atoms with van der Waals surface area (Å²) in [5.41, 5.74) is 4.70. The van der Waals surface area contributed by atoms with E-state index in [2.05, 4.69) is 32.6 Å². The van der Waals surface area contributed by atoms with E-state index in [0.717, 1.165) is 27.8 Å². The highest BCUT2D eigenvalue weighted by Gasteiger charge is 2.15. The number of amides is 1. The van der Waals surface area contributed by atoms with Gasteiger partial charge in [0.1, 0.15) is 6.54 Å². The smallest absolute Gasteiger partial charge is 0.242 e. The molecule has 7 heteroatoms. The van der Waals surface area contributed by atoms with Crippen molar-refractivity contribution in [3.8, 4) is 11.1 Å². The maximum Gasteiger partial charge on any atom is 0.242 e. The van der Waals surface area contributed by atoms with E-state index in [0.29, 0.717) is 12.2 Å². The first-order chi connectivity index (χ1) is 13.1. The number of hydrogen-bond donors (Lipinski definition) is 1. The average Bonchev–Trinajstić information content (AvgIpc) is 3.24. The molecule has 0 aliphatic heterocycles. The molecule has 0 saturated carbocycles. The number of nitrogens with one attached hydrogen (secondary N) is 1. The van der Waals surface area contributed by atoms with Crippen LogP contribution in [-0.4, -0.2) is 30.5 Å². The zero-order valence-corrected chi connectivity index (χ0v) is 15.3. The lowest BCUT2D eigenvalue weighted by Gasteiger charge is -2.06. The molecule has 0 aliphatic carbocycles. The third-order valence-electron chi connectivity index (χ3n) is 4.43. The van der Waals surface area contributed by atoms with Gasteiger partial charge in [0.25, 0.3) is 0 Å². The number of rotatable bonds is 5. The van der Waals surface area contributed by atoms with Crippen LogP contribution in [0.3, 0.4) is 0 Å². The number of aromatic nitrogens is 5. The lowest BCUT2D eigenvalue weighted by molar-refractivity contribution is -0.121. The highest BCUT2D eigenvalue weighted by Crippen LogP contribution is 2.29. The van der Waals surface area contributed by atoms with Crippen LogP contribution in [0.1, 0.15) is 11.3 Å². The van der Waals surface area contributed by atoms with Crippen LogP contribution in [0.4, 0.5) is 0 Å². The molecule has 0 bridgehead atoms. The summed E-state index contributed by atoms with van der Waals surface area (Å²) in [6.07, 6.45) is 5.37. The van der Waals surface area contributed by atoms with Crippen molar-refractivity contribution in [2.24, 2.45) is 7.05 Å². The normalized spacial score (nSPS) is 11.0. The van der Waals surface area contributed by atoms with Crippen molar-refractivity contribution in [1.29, 1.82) is 0 Å². The zero-order valence-electron chi connectivity index (χ0n) is 15.3. The fourth-order valence-corrected chi connectivity index (χ4v) is 3.21. The maximum atomic E-state index is 12.4. The van der Waals surface area contributed by atoms with Gasteiger partial charge in [-0.3, -0.25) is 9.48 Å². The Bertz CT molecular complexity index is 1100. The van der Waals surface area contributed by atoms with E-state index >= 15 is 0 Å². The molecule has 0 saturated heterocycles. The Kier molecular flexibility index (Phi) is 4.42. The van der Waals surface area contributed by atoms with Gasteiger partial charge in [0.2, 0.25) is 5.91 Å². The summed E-state index contributed by atoms with van der Waals surface area (Å²) in [6.45, 7) is 2.50. The summed E-state index contributed by atoms with van der Waals surface area (Å²) in [7, 11) is 1.85. The molecule has 0 atom stereocenters. The Labute approximate surface area is 156 Å². The van der Waals surface area contributed by atoms with Gasteiger partial charge in [-0.25, -0.2) is 9.67 Å². The minimum atomic E-state index is -0.116. The van der Waals surface area contributed by atoms with Gasteiger partial charge >= 0.3 is 0 Å². The second kappa shape index (κ2) is 7.03. The summed E-state index contributed by atoms with van der Waals surface area (Å²) < 4.78 is 3.37. The van der Waals surface area contributed by atoms with Crippen molar-refractivity contribution in [3.63, 3.8) is 0 Å². The van der Waals surface area contributed by atoms with Gasteiger partial charge in [-0.15, -0.1) is 0 Å². The molecule has 4 aromatic rings. The molecular weight excluding hydrogens is 340 g/mol. The van der Waals surface area contributed by atoms with Crippen LogP contribution < -0.4 is 5.32 Å². The minimum absolute atomic E-state index is 0.116. The van der Waals surface area contributed by atoms with Crippen molar-refractivity contribution >= 4 is 16.9 Å². The van der Waals surface area contributed by atoms with Gasteiger partial charge in [-0.2, -0.15) is 10.2 Å².